The van der Waals surface area contributed by atoms with E-state index in [1.54, 1.807) is 6.07 Å². The van der Waals surface area contributed by atoms with E-state index >= 15 is 0 Å². The first-order chi connectivity index (χ1) is 11.1. The van der Waals surface area contributed by atoms with Crippen molar-refractivity contribution in [2.24, 2.45) is 4.99 Å². The van der Waals surface area contributed by atoms with Crippen LogP contribution in [0.2, 0.25) is 0 Å². The van der Waals surface area contributed by atoms with E-state index in [0.29, 0.717) is 18.1 Å². The van der Waals surface area contributed by atoms with E-state index in [2.05, 4.69) is 15.6 Å². The number of phenols is 1. The average molecular weight is 450 g/mol. The molecule has 1 aromatic carbocycles. The molecule has 2 rings (SSSR count). The number of amides is 1. The van der Waals surface area contributed by atoms with Crippen molar-refractivity contribution in [1.82, 2.24) is 15.5 Å². The van der Waals surface area contributed by atoms with E-state index in [1.165, 1.54) is 12.1 Å². The van der Waals surface area contributed by atoms with Gasteiger partial charge >= 0.3 is 0 Å². The highest BCUT2D eigenvalue weighted by Crippen LogP contribution is 2.16. The van der Waals surface area contributed by atoms with Crippen molar-refractivity contribution in [2.75, 3.05) is 26.2 Å². The van der Waals surface area contributed by atoms with Crippen LogP contribution in [0, 0.1) is 5.82 Å². The molecule has 0 radical (unpaired) electrons. The third-order valence-corrected chi connectivity index (χ3v) is 3.64. The number of halogens is 2. The molecule has 0 spiro atoms. The summed E-state index contributed by atoms with van der Waals surface area (Å²) in [5.74, 6) is -0.476. The summed E-state index contributed by atoms with van der Waals surface area (Å²) in [4.78, 5) is 18.2. The molecule has 1 saturated heterocycles. The minimum Gasteiger partial charge on any atom is -0.505 e. The third-order valence-electron chi connectivity index (χ3n) is 3.64. The van der Waals surface area contributed by atoms with Gasteiger partial charge in [0.25, 0.3) is 0 Å². The standard InChI is InChI=1S/C16H23FN4O2.HI/c1-2-18-16(20-11-15(23)21-7-3-4-8-21)19-10-12-5-6-14(22)13(17)9-12;/h5-6,9,22H,2-4,7-8,10-11H2,1H3,(H2,18,19,20);1H. The molecule has 1 amide bonds. The van der Waals surface area contributed by atoms with E-state index < -0.39 is 5.82 Å². The van der Waals surface area contributed by atoms with Crippen LogP contribution >= 0.6 is 24.0 Å². The summed E-state index contributed by atoms with van der Waals surface area (Å²) in [5.41, 5.74) is 0.642. The number of carbonyl (C=O) groups excluding carboxylic acids is 1. The number of carbonyl (C=O) groups is 1. The van der Waals surface area contributed by atoms with Crippen LogP contribution in [0.4, 0.5) is 4.39 Å². The molecule has 0 unspecified atom stereocenters. The van der Waals surface area contributed by atoms with Crippen LogP contribution in [-0.4, -0.2) is 48.1 Å². The van der Waals surface area contributed by atoms with Gasteiger partial charge in [0.15, 0.2) is 17.5 Å². The average Bonchev–Trinajstić information content (AvgIpc) is 3.07. The molecule has 0 bridgehead atoms. The molecule has 3 N–H and O–H groups in total. The quantitative estimate of drug-likeness (QED) is 0.364. The number of guanidine groups is 1. The molecule has 0 aliphatic carbocycles. The highest BCUT2D eigenvalue weighted by atomic mass is 127. The molecule has 134 valence electrons. The molecule has 0 saturated carbocycles. The molecule has 1 fully saturated rings. The summed E-state index contributed by atoms with van der Waals surface area (Å²) >= 11 is 0. The van der Waals surface area contributed by atoms with Gasteiger partial charge in [0.05, 0.1) is 13.1 Å². The molecule has 1 aliphatic heterocycles. The second-order valence-corrected chi connectivity index (χ2v) is 5.42. The number of rotatable bonds is 5. The molecular formula is C16H24FIN4O2. The van der Waals surface area contributed by atoms with Gasteiger partial charge in [-0.2, -0.15) is 0 Å². The predicted octanol–water partition coefficient (Wildman–Crippen LogP) is 1.83. The summed E-state index contributed by atoms with van der Waals surface area (Å²) in [6.07, 6.45) is 2.12. The first-order valence-corrected chi connectivity index (χ1v) is 7.87. The van der Waals surface area contributed by atoms with Crippen molar-refractivity contribution < 1.29 is 14.3 Å². The maximum absolute atomic E-state index is 13.3. The number of nitrogens with one attached hydrogen (secondary N) is 2. The number of likely N-dealkylation sites (tertiary alicyclic amines) is 1. The van der Waals surface area contributed by atoms with E-state index in [0.717, 1.165) is 25.9 Å². The van der Waals surface area contributed by atoms with Gasteiger partial charge < -0.3 is 20.6 Å². The lowest BCUT2D eigenvalue weighted by molar-refractivity contribution is -0.128. The SMILES string of the molecule is CCNC(=NCc1ccc(O)c(F)c1)NCC(=O)N1CCCC1.I. The van der Waals surface area contributed by atoms with Gasteiger partial charge in [0.2, 0.25) is 5.91 Å². The Kier molecular flexibility index (Phi) is 8.80. The monoisotopic (exact) mass is 450 g/mol. The second kappa shape index (κ2) is 10.3. The summed E-state index contributed by atoms with van der Waals surface area (Å²) in [7, 11) is 0. The number of phenolic OH excluding ortho intramolecular Hbond substituents is 1. The number of aliphatic imine (C=N–C) groups is 1. The minimum absolute atomic E-state index is 0. The molecule has 0 atom stereocenters. The fourth-order valence-corrected chi connectivity index (χ4v) is 2.40. The molecular weight excluding hydrogens is 426 g/mol. The molecule has 1 aromatic rings. The lowest BCUT2D eigenvalue weighted by atomic mass is 10.2. The Balaban J connectivity index is 0.00000288. The predicted molar refractivity (Wildman–Crippen MR) is 102 cm³/mol. The van der Waals surface area contributed by atoms with Gasteiger partial charge in [0, 0.05) is 19.6 Å². The van der Waals surface area contributed by atoms with Crippen molar-refractivity contribution in [1.29, 1.82) is 0 Å². The lowest BCUT2D eigenvalue weighted by Gasteiger charge is -2.17. The van der Waals surface area contributed by atoms with Gasteiger partial charge in [-0.15, -0.1) is 24.0 Å². The summed E-state index contributed by atoms with van der Waals surface area (Å²) in [5, 5.41) is 15.2. The molecule has 24 heavy (non-hydrogen) atoms. The maximum Gasteiger partial charge on any atom is 0.241 e. The number of aromatic hydroxyl groups is 1. The second-order valence-electron chi connectivity index (χ2n) is 5.42. The van der Waals surface area contributed by atoms with E-state index in [-0.39, 0.29) is 48.7 Å². The zero-order valence-electron chi connectivity index (χ0n) is 13.7. The maximum atomic E-state index is 13.3. The zero-order valence-corrected chi connectivity index (χ0v) is 16.0. The fraction of sp³-hybridized carbons (Fsp3) is 0.500. The van der Waals surface area contributed by atoms with Crippen LogP contribution in [0.3, 0.4) is 0 Å². The number of nitrogens with zero attached hydrogens (tertiary/aromatic N) is 2. The van der Waals surface area contributed by atoms with E-state index in [9.17, 15) is 14.3 Å². The summed E-state index contributed by atoms with van der Waals surface area (Å²) in [6.45, 7) is 4.68. The lowest BCUT2D eigenvalue weighted by Crippen LogP contribution is -2.44. The van der Waals surface area contributed by atoms with Crippen molar-refractivity contribution in [3.05, 3.63) is 29.6 Å². The smallest absolute Gasteiger partial charge is 0.241 e. The van der Waals surface area contributed by atoms with Crippen LogP contribution in [0.1, 0.15) is 25.3 Å². The Morgan fingerprint density at radius 1 is 1.33 bits per heavy atom. The van der Waals surface area contributed by atoms with Crippen LogP contribution < -0.4 is 10.6 Å². The fourth-order valence-electron chi connectivity index (χ4n) is 2.40. The van der Waals surface area contributed by atoms with Gasteiger partial charge in [-0.3, -0.25) is 4.79 Å². The first-order valence-electron chi connectivity index (χ1n) is 7.87. The zero-order chi connectivity index (χ0) is 16.7. The van der Waals surface area contributed by atoms with Crippen molar-refractivity contribution in [2.45, 2.75) is 26.3 Å². The Morgan fingerprint density at radius 3 is 2.67 bits per heavy atom. The molecule has 1 aliphatic rings. The normalized spacial score (nSPS) is 14.2. The van der Waals surface area contributed by atoms with Gasteiger partial charge in [-0.1, -0.05) is 6.07 Å². The van der Waals surface area contributed by atoms with Crippen LogP contribution in [0.25, 0.3) is 0 Å². The third kappa shape index (κ3) is 6.14. The van der Waals surface area contributed by atoms with Crippen molar-refractivity contribution >= 4 is 35.8 Å². The molecule has 1 heterocycles. The van der Waals surface area contributed by atoms with Crippen LogP contribution in [0.5, 0.6) is 5.75 Å². The minimum atomic E-state index is -0.667. The largest absolute Gasteiger partial charge is 0.505 e. The van der Waals surface area contributed by atoms with E-state index in [1.807, 2.05) is 11.8 Å². The Hall–Kier alpha value is -1.58. The van der Waals surface area contributed by atoms with E-state index in [4.69, 9.17) is 0 Å². The highest BCUT2D eigenvalue weighted by Gasteiger charge is 2.17. The molecule has 6 nitrogen and oxygen atoms in total. The van der Waals surface area contributed by atoms with Crippen LogP contribution in [-0.2, 0) is 11.3 Å². The molecule has 0 aromatic heterocycles. The van der Waals surface area contributed by atoms with Crippen molar-refractivity contribution in [3.8, 4) is 5.75 Å². The Morgan fingerprint density at radius 2 is 2.04 bits per heavy atom. The van der Waals surface area contributed by atoms with Gasteiger partial charge in [-0.05, 0) is 37.5 Å². The Bertz CT molecular complexity index is 577. The first kappa shape index (κ1) is 20.5. The number of benzene rings is 1. The highest BCUT2D eigenvalue weighted by molar-refractivity contribution is 14.0. The van der Waals surface area contributed by atoms with Gasteiger partial charge in [-0.25, -0.2) is 9.38 Å². The van der Waals surface area contributed by atoms with Gasteiger partial charge in [0.1, 0.15) is 0 Å². The number of hydrogen-bond donors (Lipinski definition) is 3. The van der Waals surface area contributed by atoms with Crippen LogP contribution in [0.15, 0.2) is 23.2 Å². The summed E-state index contributed by atoms with van der Waals surface area (Å²) in [6, 6.07) is 4.16. The topological polar surface area (TPSA) is 77.0 Å². The van der Waals surface area contributed by atoms with Crippen molar-refractivity contribution in [3.63, 3.8) is 0 Å². The Labute approximate surface area is 158 Å². The summed E-state index contributed by atoms with van der Waals surface area (Å²) < 4.78 is 13.3. The molecule has 8 heteroatoms. The number of hydrogen-bond acceptors (Lipinski definition) is 3.